The molecule has 1 amide bonds. The molecule has 0 aliphatic carbocycles. The van der Waals surface area contributed by atoms with Gasteiger partial charge in [0, 0.05) is 24.4 Å². The normalized spacial score (nSPS) is 18.5. The standard InChI is InChI=1S/C17H25FN2O2/c1-4-14(19)11-8-12-15(20-16(21)7-10(2)3)5-6-22-17(12)13(18)9-11/h8-10,14-15H,4-7,19H2,1-3H3,(H,20,21). The van der Waals surface area contributed by atoms with Crippen LogP contribution in [0.1, 0.15) is 63.2 Å². The predicted octanol–water partition coefficient (Wildman–Crippen LogP) is 3.22. The SMILES string of the molecule is CCC(N)c1cc(F)c2c(c1)C(NC(=O)CC(C)C)CCO2. The number of nitrogens with two attached hydrogens (primary N) is 1. The molecule has 0 saturated carbocycles. The lowest BCUT2D eigenvalue weighted by molar-refractivity contribution is -0.122. The summed E-state index contributed by atoms with van der Waals surface area (Å²) < 4.78 is 19.7. The monoisotopic (exact) mass is 308 g/mol. The van der Waals surface area contributed by atoms with E-state index in [0.717, 1.165) is 12.0 Å². The average Bonchev–Trinajstić information content (AvgIpc) is 2.46. The number of benzene rings is 1. The van der Waals surface area contributed by atoms with Crippen molar-refractivity contribution >= 4 is 5.91 Å². The number of carbonyl (C=O) groups excluding carboxylic acids is 1. The van der Waals surface area contributed by atoms with Crippen molar-refractivity contribution in [2.45, 2.75) is 52.1 Å². The molecule has 0 spiro atoms. The Morgan fingerprint density at radius 1 is 1.50 bits per heavy atom. The molecular weight excluding hydrogens is 283 g/mol. The van der Waals surface area contributed by atoms with Gasteiger partial charge < -0.3 is 15.8 Å². The van der Waals surface area contributed by atoms with Crippen LogP contribution in [0.5, 0.6) is 5.75 Å². The van der Waals surface area contributed by atoms with Gasteiger partial charge in [-0.2, -0.15) is 0 Å². The molecule has 4 nitrogen and oxygen atoms in total. The minimum atomic E-state index is -0.404. The second kappa shape index (κ2) is 7.09. The van der Waals surface area contributed by atoms with Crippen molar-refractivity contribution in [2.75, 3.05) is 6.61 Å². The maximum Gasteiger partial charge on any atom is 0.220 e. The van der Waals surface area contributed by atoms with Crippen LogP contribution in [0, 0.1) is 11.7 Å². The van der Waals surface area contributed by atoms with Gasteiger partial charge in [0.2, 0.25) is 5.91 Å². The molecule has 22 heavy (non-hydrogen) atoms. The Kier molecular flexibility index (Phi) is 5.40. The highest BCUT2D eigenvalue weighted by Gasteiger charge is 2.27. The molecule has 1 aliphatic heterocycles. The minimum absolute atomic E-state index is 0.0153. The summed E-state index contributed by atoms with van der Waals surface area (Å²) in [6.07, 6.45) is 1.83. The first kappa shape index (κ1) is 16.7. The number of fused-ring (bicyclic) bond motifs is 1. The van der Waals surface area contributed by atoms with E-state index in [4.69, 9.17) is 10.5 Å². The molecule has 2 atom stereocenters. The predicted molar refractivity (Wildman–Crippen MR) is 84.1 cm³/mol. The zero-order valence-corrected chi connectivity index (χ0v) is 13.5. The molecule has 0 radical (unpaired) electrons. The third kappa shape index (κ3) is 3.77. The van der Waals surface area contributed by atoms with Crippen LogP contribution in [0.4, 0.5) is 4.39 Å². The Bertz CT molecular complexity index is 546. The number of halogens is 1. The van der Waals surface area contributed by atoms with Crippen LogP contribution in [0.3, 0.4) is 0 Å². The number of carbonyl (C=O) groups is 1. The van der Waals surface area contributed by atoms with E-state index in [-0.39, 0.29) is 29.7 Å². The van der Waals surface area contributed by atoms with Crippen LogP contribution in [-0.2, 0) is 4.79 Å². The number of ether oxygens (including phenoxy) is 1. The van der Waals surface area contributed by atoms with E-state index in [0.29, 0.717) is 25.0 Å². The fourth-order valence-electron chi connectivity index (χ4n) is 2.71. The molecular formula is C17H25FN2O2. The fraction of sp³-hybridized carbons (Fsp3) is 0.588. The molecule has 122 valence electrons. The average molecular weight is 308 g/mol. The lowest BCUT2D eigenvalue weighted by atomic mass is 9.94. The maximum atomic E-state index is 14.3. The Morgan fingerprint density at radius 2 is 2.23 bits per heavy atom. The van der Waals surface area contributed by atoms with Crippen molar-refractivity contribution in [1.82, 2.24) is 5.32 Å². The van der Waals surface area contributed by atoms with Crippen LogP contribution in [0.25, 0.3) is 0 Å². The molecule has 0 aromatic heterocycles. The summed E-state index contributed by atoms with van der Waals surface area (Å²) in [7, 11) is 0. The lowest BCUT2D eigenvalue weighted by Crippen LogP contribution is -2.33. The molecule has 0 bridgehead atoms. The van der Waals surface area contributed by atoms with Gasteiger partial charge in [0.1, 0.15) is 0 Å². The summed E-state index contributed by atoms with van der Waals surface area (Å²) in [6.45, 7) is 6.35. The van der Waals surface area contributed by atoms with Crippen molar-refractivity contribution in [3.8, 4) is 5.75 Å². The Morgan fingerprint density at radius 3 is 2.86 bits per heavy atom. The minimum Gasteiger partial charge on any atom is -0.490 e. The zero-order chi connectivity index (χ0) is 16.3. The first-order chi connectivity index (χ1) is 10.4. The quantitative estimate of drug-likeness (QED) is 0.878. The number of amides is 1. The smallest absolute Gasteiger partial charge is 0.220 e. The summed E-state index contributed by atoms with van der Waals surface area (Å²) in [5.41, 5.74) is 7.45. The van der Waals surface area contributed by atoms with Gasteiger partial charge in [-0.3, -0.25) is 4.79 Å². The van der Waals surface area contributed by atoms with Gasteiger partial charge in [0.15, 0.2) is 11.6 Å². The van der Waals surface area contributed by atoms with Crippen LogP contribution in [-0.4, -0.2) is 12.5 Å². The van der Waals surface area contributed by atoms with E-state index >= 15 is 0 Å². The first-order valence-corrected chi connectivity index (χ1v) is 7.93. The second-order valence-electron chi connectivity index (χ2n) is 6.29. The third-order valence-electron chi connectivity index (χ3n) is 3.92. The molecule has 1 aliphatic rings. The fourth-order valence-corrected chi connectivity index (χ4v) is 2.71. The van der Waals surface area contributed by atoms with Crippen molar-refractivity contribution in [2.24, 2.45) is 11.7 Å². The van der Waals surface area contributed by atoms with Crippen LogP contribution < -0.4 is 15.8 Å². The molecule has 1 aromatic carbocycles. The first-order valence-electron chi connectivity index (χ1n) is 7.93. The summed E-state index contributed by atoms with van der Waals surface area (Å²) in [5, 5.41) is 2.99. The summed E-state index contributed by atoms with van der Waals surface area (Å²) in [6, 6.07) is 2.87. The molecule has 2 unspecified atom stereocenters. The number of rotatable bonds is 5. The van der Waals surface area contributed by atoms with Crippen molar-refractivity contribution in [3.63, 3.8) is 0 Å². The Labute approximate surface area is 131 Å². The van der Waals surface area contributed by atoms with E-state index in [9.17, 15) is 9.18 Å². The summed E-state index contributed by atoms with van der Waals surface area (Å²) >= 11 is 0. The second-order valence-corrected chi connectivity index (χ2v) is 6.29. The third-order valence-corrected chi connectivity index (χ3v) is 3.92. The van der Waals surface area contributed by atoms with Gasteiger partial charge in [-0.15, -0.1) is 0 Å². The van der Waals surface area contributed by atoms with Gasteiger partial charge >= 0.3 is 0 Å². The van der Waals surface area contributed by atoms with Gasteiger partial charge in [0.05, 0.1) is 12.6 Å². The molecule has 1 heterocycles. The molecule has 0 saturated heterocycles. The van der Waals surface area contributed by atoms with E-state index < -0.39 is 5.82 Å². The molecule has 3 N–H and O–H groups in total. The molecule has 0 fully saturated rings. The van der Waals surface area contributed by atoms with Crippen LogP contribution in [0.15, 0.2) is 12.1 Å². The van der Waals surface area contributed by atoms with E-state index in [1.165, 1.54) is 6.07 Å². The maximum absolute atomic E-state index is 14.3. The van der Waals surface area contributed by atoms with Crippen LogP contribution in [0.2, 0.25) is 0 Å². The number of hydrogen-bond acceptors (Lipinski definition) is 3. The zero-order valence-electron chi connectivity index (χ0n) is 13.5. The van der Waals surface area contributed by atoms with Crippen molar-refractivity contribution in [3.05, 3.63) is 29.1 Å². The number of hydrogen-bond donors (Lipinski definition) is 2. The number of nitrogens with one attached hydrogen (secondary N) is 1. The lowest BCUT2D eigenvalue weighted by Gasteiger charge is -2.28. The highest BCUT2D eigenvalue weighted by atomic mass is 19.1. The van der Waals surface area contributed by atoms with E-state index in [1.807, 2.05) is 26.8 Å². The topological polar surface area (TPSA) is 64.3 Å². The largest absolute Gasteiger partial charge is 0.490 e. The highest BCUT2D eigenvalue weighted by Crippen LogP contribution is 2.36. The van der Waals surface area contributed by atoms with Gasteiger partial charge in [0.25, 0.3) is 0 Å². The van der Waals surface area contributed by atoms with Crippen molar-refractivity contribution in [1.29, 1.82) is 0 Å². The van der Waals surface area contributed by atoms with Crippen molar-refractivity contribution < 1.29 is 13.9 Å². The van der Waals surface area contributed by atoms with E-state index in [1.54, 1.807) is 0 Å². The van der Waals surface area contributed by atoms with Crippen LogP contribution >= 0.6 is 0 Å². The Hall–Kier alpha value is -1.62. The summed E-state index contributed by atoms with van der Waals surface area (Å²) in [5.74, 6) is 0.113. The summed E-state index contributed by atoms with van der Waals surface area (Å²) in [4.78, 5) is 12.0. The van der Waals surface area contributed by atoms with Gasteiger partial charge in [-0.25, -0.2) is 4.39 Å². The highest BCUT2D eigenvalue weighted by molar-refractivity contribution is 5.76. The molecule has 2 rings (SSSR count). The molecule has 5 heteroatoms. The Balaban J connectivity index is 2.28. The van der Waals surface area contributed by atoms with E-state index in [2.05, 4.69) is 5.32 Å². The van der Waals surface area contributed by atoms with Gasteiger partial charge in [-0.1, -0.05) is 20.8 Å². The molecule has 1 aromatic rings. The van der Waals surface area contributed by atoms with Gasteiger partial charge in [-0.05, 0) is 30.0 Å².